The van der Waals surface area contributed by atoms with E-state index in [9.17, 15) is 8.42 Å². The first-order chi connectivity index (χ1) is 6.88. The molecule has 8 heteroatoms. The molecule has 0 saturated carbocycles. The Morgan fingerprint density at radius 1 is 1.60 bits per heavy atom. The second-order valence-electron chi connectivity index (χ2n) is 3.22. The van der Waals surface area contributed by atoms with Crippen LogP contribution in [0.3, 0.4) is 0 Å². The van der Waals surface area contributed by atoms with E-state index in [4.69, 9.17) is 4.55 Å². The summed E-state index contributed by atoms with van der Waals surface area (Å²) in [5.74, 6) is -0.187. The van der Waals surface area contributed by atoms with Crippen LogP contribution in [0.5, 0.6) is 0 Å². The van der Waals surface area contributed by atoms with E-state index in [1.54, 1.807) is 11.8 Å². The summed E-state index contributed by atoms with van der Waals surface area (Å²) >= 11 is 5.88. The van der Waals surface area contributed by atoms with Crippen LogP contribution in [-0.2, 0) is 10.1 Å². The van der Waals surface area contributed by atoms with E-state index >= 15 is 0 Å². The predicted molar refractivity (Wildman–Crippen MR) is 65.8 cm³/mol. The van der Waals surface area contributed by atoms with Crippen molar-refractivity contribution >= 4 is 39.6 Å². The van der Waals surface area contributed by atoms with Gasteiger partial charge in [-0.15, -0.1) is 12.6 Å². The topological polar surface area (TPSA) is 70.0 Å². The normalized spacial score (nSPS) is 21.9. The van der Waals surface area contributed by atoms with Gasteiger partial charge in [0.05, 0.1) is 10.8 Å². The highest BCUT2D eigenvalue weighted by Crippen LogP contribution is 2.28. The standard InChI is InChI=1S/C7H14N2O3S3/c1-6-8-9(7(13)14-6)4-2-3-5-15(10,11)12/h7,13H,2-5H2,1H3,(H,10,11,12). The lowest BCUT2D eigenvalue weighted by Crippen LogP contribution is -2.21. The van der Waals surface area contributed by atoms with Crippen molar-refractivity contribution in [1.29, 1.82) is 0 Å². The highest BCUT2D eigenvalue weighted by Gasteiger charge is 2.20. The molecule has 1 unspecified atom stereocenters. The van der Waals surface area contributed by atoms with E-state index in [2.05, 4.69) is 17.7 Å². The van der Waals surface area contributed by atoms with E-state index in [0.717, 1.165) is 5.04 Å². The first-order valence-corrected chi connectivity index (χ1v) is 7.51. The van der Waals surface area contributed by atoms with Crippen LogP contribution < -0.4 is 0 Å². The van der Waals surface area contributed by atoms with Gasteiger partial charge in [-0.2, -0.15) is 13.5 Å². The smallest absolute Gasteiger partial charge is 0.264 e. The maximum Gasteiger partial charge on any atom is 0.264 e. The molecule has 0 aromatic rings. The molecule has 0 fully saturated rings. The summed E-state index contributed by atoms with van der Waals surface area (Å²) in [4.78, 5) is 0. The monoisotopic (exact) mass is 270 g/mol. The minimum absolute atomic E-state index is 0.0238. The van der Waals surface area contributed by atoms with Gasteiger partial charge in [0, 0.05) is 6.54 Å². The van der Waals surface area contributed by atoms with E-state index in [1.807, 2.05) is 11.9 Å². The van der Waals surface area contributed by atoms with Crippen LogP contribution in [0.4, 0.5) is 0 Å². The van der Waals surface area contributed by atoms with E-state index in [-0.39, 0.29) is 10.5 Å². The van der Waals surface area contributed by atoms with Crippen LogP contribution in [-0.4, -0.2) is 40.0 Å². The van der Waals surface area contributed by atoms with Crippen molar-refractivity contribution in [2.24, 2.45) is 5.10 Å². The second-order valence-corrected chi connectivity index (χ2v) is 6.90. The fourth-order valence-corrected chi connectivity index (χ4v) is 3.11. The minimum atomic E-state index is -3.82. The van der Waals surface area contributed by atoms with Gasteiger partial charge in [-0.05, 0) is 19.8 Å². The summed E-state index contributed by atoms with van der Waals surface area (Å²) in [5.41, 5.74) is 0. The summed E-state index contributed by atoms with van der Waals surface area (Å²) in [7, 11) is -3.82. The first-order valence-electron chi connectivity index (χ1n) is 4.50. The van der Waals surface area contributed by atoms with Gasteiger partial charge in [-0.3, -0.25) is 9.56 Å². The van der Waals surface area contributed by atoms with Crippen LogP contribution in [0.1, 0.15) is 19.8 Å². The molecule has 0 aliphatic carbocycles. The summed E-state index contributed by atoms with van der Waals surface area (Å²) in [6, 6.07) is 0. The Balaban J connectivity index is 2.21. The number of hydrogen-bond donors (Lipinski definition) is 2. The fourth-order valence-electron chi connectivity index (χ4n) is 1.19. The quantitative estimate of drug-likeness (QED) is 0.447. The molecule has 0 saturated heterocycles. The molecule has 5 nitrogen and oxygen atoms in total. The first kappa shape index (κ1) is 13.1. The van der Waals surface area contributed by atoms with Gasteiger partial charge < -0.3 is 0 Å². The van der Waals surface area contributed by atoms with Crippen LogP contribution in [0, 0.1) is 0 Å². The zero-order valence-corrected chi connectivity index (χ0v) is 10.9. The minimum Gasteiger partial charge on any atom is -0.286 e. The summed E-state index contributed by atoms with van der Waals surface area (Å²) < 4.78 is 29.4. The third kappa shape index (κ3) is 5.10. The van der Waals surface area contributed by atoms with Gasteiger partial charge in [0.2, 0.25) is 0 Å². The Bertz CT molecular complexity index is 341. The average molecular weight is 270 g/mol. The second kappa shape index (κ2) is 5.42. The SMILES string of the molecule is CC1=NN(CCCCS(=O)(=O)O)C(S)S1. The summed E-state index contributed by atoms with van der Waals surface area (Å²) in [6.45, 7) is 2.57. The molecule has 0 amide bonds. The van der Waals surface area contributed by atoms with Gasteiger partial charge >= 0.3 is 0 Å². The van der Waals surface area contributed by atoms with Gasteiger partial charge in [-0.1, -0.05) is 11.8 Å². The van der Waals surface area contributed by atoms with Crippen molar-refractivity contribution < 1.29 is 13.0 Å². The number of hydrogen-bond acceptors (Lipinski definition) is 6. The largest absolute Gasteiger partial charge is 0.286 e. The fraction of sp³-hybridized carbons (Fsp3) is 0.857. The van der Waals surface area contributed by atoms with Gasteiger partial charge in [-0.25, -0.2) is 0 Å². The molecular weight excluding hydrogens is 256 g/mol. The molecule has 1 N–H and O–H groups in total. The van der Waals surface area contributed by atoms with Crippen molar-refractivity contribution in [3.63, 3.8) is 0 Å². The highest BCUT2D eigenvalue weighted by molar-refractivity contribution is 8.21. The molecule has 1 rings (SSSR count). The van der Waals surface area contributed by atoms with Crippen LogP contribution >= 0.6 is 24.4 Å². The molecule has 0 aromatic heterocycles. The Morgan fingerprint density at radius 3 is 2.73 bits per heavy atom. The van der Waals surface area contributed by atoms with Crippen molar-refractivity contribution in [2.75, 3.05) is 12.3 Å². The highest BCUT2D eigenvalue weighted by atomic mass is 32.2. The molecule has 0 aromatic carbocycles. The lowest BCUT2D eigenvalue weighted by Gasteiger charge is -2.17. The number of rotatable bonds is 5. The lowest BCUT2D eigenvalue weighted by atomic mass is 10.3. The Morgan fingerprint density at radius 2 is 2.27 bits per heavy atom. The van der Waals surface area contributed by atoms with E-state index in [1.165, 1.54) is 0 Å². The molecule has 0 spiro atoms. The maximum atomic E-state index is 10.4. The maximum absolute atomic E-state index is 10.4. The number of thioether (sulfide) groups is 1. The van der Waals surface area contributed by atoms with Crippen LogP contribution in [0.15, 0.2) is 5.10 Å². The zero-order valence-electron chi connectivity index (χ0n) is 8.33. The molecule has 88 valence electrons. The van der Waals surface area contributed by atoms with Crippen molar-refractivity contribution in [3.8, 4) is 0 Å². The molecule has 1 aliphatic rings. The lowest BCUT2D eigenvalue weighted by molar-refractivity contribution is 0.323. The Kier molecular flexibility index (Phi) is 4.75. The van der Waals surface area contributed by atoms with Gasteiger partial charge in [0.25, 0.3) is 10.1 Å². The van der Waals surface area contributed by atoms with Crippen LogP contribution in [0.2, 0.25) is 0 Å². The number of unbranched alkanes of at least 4 members (excludes halogenated alkanes) is 1. The van der Waals surface area contributed by atoms with Gasteiger partial charge in [0.1, 0.15) is 4.71 Å². The predicted octanol–water partition coefficient (Wildman–Crippen LogP) is 1.25. The summed E-state index contributed by atoms with van der Waals surface area (Å²) in [6.07, 6.45) is 1.11. The van der Waals surface area contributed by atoms with Crippen molar-refractivity contribution in [2.45, 2.75) is 24.5 Å². The van der Waals surface area contributed by atoms with Crippen molar-refractivity contribution in [3.05, 3.63) is 0 Å². The molecule has 1 aliphatic heterocycles. The van der Waals surface area contributed by atoms with Gasteiger partial charge in [0.15, 0.2) is 0 Å². The number of nitrogens with zero attached hydrogens (tertiary/aromatic N) is 2. The number of thiol groups is 1. The third-order valence-electron chi connectivity index (χ3n) is 1.84. The molecule has 1 atom stereocenters. The molecule has 0 bridgehead atoms. The van der Waals surface area contributed by atoms with E-state index in [0.29, 0.717) is 19.4 Å². The van der Waals surface area contributed by atoms with Crippen LogP contribution in [0.25, 0.3) is 0 Å². The Labute approximate surface area is 99.5 Å². The Hall–Kier alpha value is 0.0800. The summed E-state index contributed by atoms with van der Waals surface area (Å²) in [5, 5.41) is 7.00. The average Bonchev–Trinajstić information content (AvgIpc) is 2.37. The van der Waals surface area contributed by atoms with E-state index < -0.39 is 10.1 Å². The molecular formula is C7H14N2O3S3. The molecule has 15 heavy (non-hydrogen) atoms. The third-order valence-corrected chi connectivity index (χ3v) is 4.10. The number of hydrazone groups is 1. The van der Waals surface area contributed by atoms with Crippen molar-refractivity contribution in [1.82, 2.24) is 5.01 Å². The zero-order chi connectivity index (χ0) is 11.5. The molecule has 1 heterocycles. The molecule has 0 radical (unpaired) electrons.